The van der Waals surface area contributed by atoms with Crippen molar-refractivity contribution in [3.05, 3.63) is 42.5 Å². The molecule has 25 heavy (non-hydrogen) atoms. The Hall–Kier alpha value is -2.63. The summed E-state index contributed by atoms with van der Waals surface area (Å²) in [4.78, 5) is -0.0686. The number of primary sulfonamides is 1. The highest BCUT2D eigenvalue weighted by Crippen LogP contribution is 2.35. The topological polar surface area (TPSA) is 149 Å². The van der Waals surface area contributed by atoms with Gasteiger partial charge in [0.1, 0.15) is 0 Å². The maximum absolute atomic E-state index is 12.2. The number of benzene rings is 2. The maximum Gasteiger partial charge on any atom is 0.238 e. The molecule has 0 fully saturated rings. The van der Waals surface area contributed by atoms with E-state index in [4.69, 9.17) is 5.14 Å². The fraction of sp³-hybridized carbons (Fsp3) is 0.0714. The van der Waals surface area contributed by atoms with Crippen LogP contribution in [0.25, 0.3) is 22.5 Å². The van der Waals surface area contributed by atoms with Crippen molar-refractivity contribution in [1.29, 1.82) is 0 Å². The summed E-state index contributed by atoms with van der Waals surface area (Å²) in [7, 11) is -7.49. The molecule has 11 heteroatoms. The van der Waals surface area contributed by atoms with Crippen LogP contribution in [-0.2, 0) is 19.9 Å². The quantitative estimate of drug-likeness (QED) is 0.673. The highest BCUT2D eigenvalue weighted by molar-refractivity contribution is 7.90. The van der Waals surface area contributed by atoms with Crippen molar-refractivity contribution in [2.45, 2.75) is 9.79 Å². The Balaban J connectivity index is 2.35. The number of tetrazole rings is 1. The average molecular weight is 379 g/mol. The summed E-state index contributed by atoms with van der Waals surface area (Å²) in [5.41, 5.74) is 1.16. The summed E-state index contributed by atoms with van der Waals surface area (Å²) in [6, 6.07) is 10.5. The van der Waals surface area contributed by atoms with Crippen molar-refractivity contribution in [2.75, 3.05) is 6.26 Å². The second-order valence-corrected chi connectivity index (χ2v) is 8.82. The molecule has 3 rings (SSSR count). The molecule has 0 unspecified atom stereocenters. The molecule has 3 N–H and O–H groups in total. The fourth-order valence-electron chi connectivity index (χ4n) is 2.43. The second kappa shape index (κ2) is 6.02. The van der Waals surface area contributed by atoms with Gasteiger partial charge in [-0.15, -0.1) is 5.10 Å². The fourth-order valence-corrected chi connectivity index (χ4v) is 3.89. The van der Waals surface area contributed by atoms with Crippen LogP contribution in [0.2, 0.25) is 0 Å². The zero-order valence-corrected chi connectivity index (χ0v) is 14.5. The van der Waals surface area contributed by atoms with E-state index in [1.165, 1.54) is 24.3 Å². The van der Waals surface area contributed by atoms with Gasteiger partial charge in [-0.1, -0.05) is 24.3 Å². The minimum Gasteiger partial charge on any atom is -0.239 e. The molecule has 0 spiro atoms. The van der Waals surface area contributed by atoms with Gasteiger partial charge in [0.2, 0.25) is 10.0 Å². The lowest BCUT2D eigenvalue weighted by Crippen LogP contribution is -2.12. The Kier molecular flexibility index (Phi) is 4.14. The van der Waals surface area contributed by atoms with E-state index in [0.717, 1.165) is 6.26 Å². The number of nitrogens with zero attached hydrogens (tertiary/aromatic N) is 3. The Morgan fingerprint density at radius 1 is 1.04 bits per heavy atom. The molecule has 0 bridgehead atoms. The van der Waals surface area contributed by atoms with E-state index >= 15 is 0 Å². The van der Waals surface area contributed by atoms with Gasteiger partial charge in [-0.25, -0.2) is 27.1 Å². The Labute approximate surface area is 143 Å². The standard InChI is InChI=1S/C14H13N5O4S2/c1-24(20,21)12-7-3-6-11(13(12)14-16-18-19-17-14)9-4-2-5-10(8-9)25(15,22)23/h2-8H,1H3,(H2,15,22,23)(H,16,17,18,19). The SMILES string of the molecule is CS(=O)(=O)c1cccc(-c2cccc(S(N)(=O)=O)c2)c1-c1nnn[nH]1. The number of hydrogen-bond acceptors (Lipinski definition) is 7. The normalized spacial score (nSPS) is 12.2. The number of hydrogen-bond donors (Lipinski definition) is 2. The summed E-state index contributed by atoms with van der Waals surface area (Å²) in [6.45, 7) is 0. The summed E-state index contributed by atoms with van der Waals surface area (Å²) in [6.07, 6.45) is 1.07. The van der Waals surface area contributed by atoms with Crippen LogP contribution in [0.1, 0.15) is 0 Å². The van der Waals surface area contributed by atoms with E-state index in [2.05, 4.69) is 20.6 Å². The van der Waals surface area contributed by atoms with Crippen LogP contribution in [0.15, 0.2) is 52.3 Å². The molecule has 0 saturated heterocycles. The molecule has 0 aliphatic carbocycles. The first kappa shape index (κ1) is 17.2. The number of nitrogens with two attached hydrogens (primary N) is 1. The van der Waals surface area contributed by atoms with Crippen molar-refractivity contribution in [3.8, 4) is 22.5 Å². The predicted molar refractivity (Wildman–Crippen MR) is 89.5 cm³/mol. The summed E-state index contributed by atoms with van der Waals surface area (Å²) in [5, 5.41) is 18.5. The second-order valence-electron chi connectivity index (χ2n) is 5.27. The molecule has 0 saturated carbocycles. The lowest BCUT2D eigenvalue weighted by molar-refractivity contribution is 0.597. The molecule has 130 valence electrons. The van der Waals surface area contributed by atoms with E-state index in [1.807, 2.05) is 0 Å². The van der Waals surface area contributed by atoms with E-state index in [0.29, 0.717) is 11.1 Å². The number of nitrogens with one attached hydrogen (secondary N) is 1. The Morgan fingerprint density at radius 3 is 2.36 bits per heavy atom. The summed E-state index contributed by atoms with van der Waals surface area (Å²) < 4.78 is 47.5. The van der Waals surface area contributed by atoms with E-state index < -0.39 is 19.9 Å². The third-order valence-electron chi connectivity index (χ3n) is 3.48. The van der Waals surface area contributed by atoms with E-state index in [-0.39, 0.29) is 21.2 Å². The zero-order chi connectivity index (χ0) is 18.2. The van der Waals surface area contributed by atoms with Crippen molar-refractivity contribution < 1.29 is 16.8 Å². The number of sulfonamides is 1. The maximum atomic E-state index is 12.2. The smallest absolute Gasteiger partial charge is 0.238 e. The third-order valence-corrected chi connectivity index (χ3v) is 5.53. The highest BCUT2D eigenvalue weighted by atomic mass is 32.2. The van der Waals surface area contributed by atoms with Crippen molar-refractivity contribution in [3.63, 3.8) is 0 Å². The van der Waals surface area contributed by atoms with Crippen molar-refractivity contribution in [1.82, 2.24) is 20.6 Å². The number of sulfone groups is 1. The van der Waals surface area contributed by atoms with Crippen LogP contribution in [-0.4, -0.2) is 43.7 Å². The predicted octanol–water partition coefficient (Wildman–Crippen LogP) is 0.585. The molecule has 0 atom stereocenters. The van der Waals surface area contributed by atoms with Gasteiger partial charge in [-0.3, -0.25) is 0 Å². The van der Waals surface area contributed by atoms with Gasteiger partial charge < -0.3 is 0 Å². The van der Waals surface area contributed by atoms with Gasteiger partial charge in [0.25, 0.3) is 0 Å². The van der Waals surface area contributed by atoms with E-state index in [9.17, 15) is 16.8 Å². The lowest BCUT2D eigenvalue weighted by Gasteiger charge is -2.12. The molecule has 1 aromatic heterocycles. The third kappa shape index (κ3) is 3.43. The van der Waals surface area contributed by atoms with E-state index in [1.54, 1.807) is 18.2 Å². The molecular weight excluding hydrogens is 366 g/mol. The first-order valence-corrected chi connectivity index (χ1v) is 10.3. The Morgan fingerprint density at radius 2 is 1.76 bits per heavy atom. The molecule has 0 amide bonds. The van der Waals surface area contributed by atoms with Gasteiger partial charge >= 0.3 is 0 Å². The average Bonchev–Trinajstić information content (AvgIpc) is 3.07. The van der Waals surface area contributed by atoms with Gasteiger partial charge in [0, 0.05) is 11.8 Å². The van der Waals surface area contributed by atoms with Gasteiger partial charge in [0.15, 0.2) is 15.7 Å². The molecule has 0 aliphatic rings. The highest BCUT2D eigenvalue weighted by Gasteiger charge is 2.22. The number of aromatic amines is 1. The molecule has 2 aromatic carbocycles. The van der Waals surface area contributed by atoms with Crippen LogP contribution in [0.3, 0.4) is 0 Å². The first-order chi connectivity index (χ1) is 11.7. The molecule has 0 radical (unpaired) electrons. The molecule has 1 heterocycles. The minimum absolute atomic E-state index is 0.0181. The number of rotatable bonds is 4. The van der Waals surface area contributed by atoms with Gasteiger partial charge in [-0.2, -0.15) is 0 Å². The number of aromatic nitrogens is 4. The van der Waals surface area contributed by atoms with Crippen LogP contribution >= 0.6 is 0 Å². The Bertz CT molecular complexity index is 1140. The van der Waals surface area contributed by atoms with Crippen LogP contribution < -0.4 is 5.14 Å². The lowest BCUT2D eigenvalue weighted by atomic mass is 9.99. The molecule has 3 aromatic rings. The first-order valence-electron chi connectivity index (χ1n) is 6.88. The van der Waals surface area contributed by atoms with Gasteiger partial charge in [-0.05, 0) is 39.8 Å². The molecular formula is C14H13N5O4S2. The van der Waals surface area contributed by atoms with Crippen LogP contribution in [0.4, 0.5) is 0 Å². The van der Waals surface area contributed by atoms with Crippen molar-refractivity contribution in [2.24, 2.45) is 5.14 Å². The number of H-pyrrole nitrogens is 1. The summed E-state index contributed by atoms with van der Waals surface area (Å²) in [5.74, 6) is 0.150. The zero-order valence-electron chi connectivity index (χ0n) is 12.9. The summed E-state index contributed by atoms with van der Waals surface area (Å²) >= 11 is 0. The van der Waals surface area contributed by atoms with Crippen LogP contribution in [0, 0.1) is 0 Å². The van der Waals surface area contributed by atoms with Crippen LogP contribution in [0.5, 0.6) is 0 Å². The molecule has 9 nitrogen and oxygen atoms in total. The minimum atomic E-state index is -3.90. The van der Waals surface area contributed by atoms with Crippen molar-refractivity contribution >= 4 is 19.9 Å². The monoisotopic (exact) mass is 379 g/mol. The largest absolute Gasteiger partial charge is 0.239 e. The van der Waals surface area contributed by atoms with Gasteiger partial charge in [0.05, 0.1) is 9.79 Å². The molecule has 0 aliphatic heterocycles.